The molecule has 3 aromatic rings. The third-order valence-electron chi connectivity index (χ3n) is 3.34. The van der Waals surface area contributed by atoms with E-state index in [1.165, 1.54) is 36.4 Å². The van der Waals surface area contributed by atoms with Crippen molar-refractivity contribution in [3.05, 3.63) is 59.5 Å². The van der Waals surface area contributed by atoms with Crippen LogP contribution in [0.3, 0.4) is 0 Å². The maximum Gasteiger partial charge on any atom is 0.211 e. The first-order chi connectivity index (χ1) is 10.1. The van der Waals surface area contributed by atoms with Gasteiger partial charge < -0.3 is 5.11 Å². The lowest BCUT2D eigenvalue weighted by Crippen LogP contribution is -2.10. The molecule has 0 fully saturated rings. The van der Waals surface area contributed by atoms with Crippen LogP contribution in [0.1, 0.15) is 23.0 Å². The third-order valence-corrected chi connectivity index (χ3v) is 3.34. The molecule has 0 aliphatic carbocycles. The number of carbonyl (C=O) groups is 1. The van der Waals surface area contributed by atoms with Crippen molar-refractivity contribution in [3.63, 3.8) is 0 Å². The molecule has 1 aromatic heterocycles. The molecule has 0 saturated carbocycles. The Morgan fingerprint density at radius 1 is 1.24 bits per heavy atom. The summed E-state index contributed by atoms with van der Waals surface area (Å²) in [4.78, 5) is 12.7. The summed E-state index contributed by atoms with van der Waals surface area (Å²) in [6.07, 6.45) is 0. The van der Waals surface area contributed by atoms with E-state index in [2.05, 4.69) is 5.10 Å². The number of carbonyl (C=O) groups excluding carboxylic acids is 1. The third kappa shape index (κ3) is 2.27. The van der Waals surface area contributed by atoms with Crippen LogP contribution >= 0.6 is 0 Å². The van der Waals surface area contributed by atoms with E-state index in [-0.39, 0.29) is 11.5 Å². The Balaban J connectivity index is 2.20. The van der Waals surface area contributed by atoms with E-state index in [9.17, 15) is 14.3 Å². The summed E-state index contributed by atoms with van der Waals surface area (Å²) in [7, 11) is 0. The molecule has 2 aromatic carbocycles. The summed E-state index contributed by atoms with van der Waals surface area (Å²) in [5, 5.41) is 14.1. The molecule has 3 rings (SSSR count). The zero-order valence-corrected chi connectivity index (χ0v) is 11.4. The summed E-state index contributed by atoms with van der Waals surface area (Å²) >= 11 is 0. The highest BCUT2D eigenvalue weighted by molar-refractivity contribution is 6.15. The molecule has 1 heterocycles. The average Bonchev–Trinajstić information content (AvgIpc) is 2.85. The van der Waals surface area contributed by atoms with Gasteiger partial charge in [0.2, 0.25) is 5.78 Å². The van der Waals surface area contributed by atoms with Gasteiger partial charge in [0.05, 0.1) is 5.52 Å². The lowest BCUT2D eigenvalue weighted by Gasteiger charge is -2.05. The molecule has 0 aliphatic heterocycles. The number of aromatic nitrogens is 2. The fourth-order valence-electron chi connectivity index (χ4n) is 2.32. The lowest BCUT2D eigenvalue weighted by atomic mass is 10.0. The number of benzene rings is 2. The van der Waals surface area contributed by atoms with Crippen LogP contribution in [0.5, 0.6) is 5.75 Å². The molecule has 21 heavy (non-hydrogen) atoms. The standard InChI is InChI=1S/C16H13FN2O2/c1-2-19-15(13-9-11(17)5-8-14(13)18-19)16(21)10-3-6-12(20)7-4-10/h3-9,20H,2H2,1H3. The first-order valence-corrected chi connectivity index (χ1v) is 6.60. The van der Waals surface area contributed by atoms with E-state index < -0.39 is 5.82 Å². The van der Waals surface area contributed by atoms with Gasteiger partial charge >= 0.3 is 0 Å². The van der Waals surface area contributed by atoms with Gasteiger partial charge in [0, 0.05) is 17.5 Å². The van der Waals surface area contributed by atoms with Crippen LogP contribution in [0.4, 0.5) is 4.39 Å². The first-order valence-electron chi connectivity index (χ1n) is 6.60. The van der Waals surface area contributed by atoms with Crippen LogP contribution in [0.15, 0.2) is 42.5 Å². The monoisotopic (exact) mass is 284 g/mol. The highest BCUT2D eigenvalue weighted by Gasteiger charge is 2.19. The second kappa shape index (κ2) is 5.01. The van der Waals surface area contributed by atoms with E-state index in [0.29, 0.717) is 28.7 Å². The largest absolute Gasteiger partial charge is 0.508 e. The number of phenols is 1. The molecule has 1 N–H and O–H groups in total. The predicted octanol–water partition coefficient (Wildman–Crippen LogP) is 3.13. The molecular formula is C16H13FN2O2. The molecule has 0 unspecified atom stereocenters. The molecule has 5 heteroatoms. The van der Waals surface area contributed by atoms with Crippen molar-refractivity contribution in [2.24, 2.45) is 0 Å². The number of hydrogen-bond donors (Lipinski definition) is 1. The van der Waals surface area contributed by atoms with Crippen molar-refractivity contribution in [2.45, 2.75) is 13.5 Å². The molecule has 0 spiro atoms. The van der Waals surface area contributed by atoms with E-state index in [1.54, 1.807) is 10.7 Å². The smallest absolute Gasteiger partial charge is 0.211 e. The number of aryl methyl sites for hydroxylation is 1. The average molecular weight is 284 g/mol. The van der Waals surface area contributed by atoms with E-state index in [0.717, 1.165) is 0 Å². The van der Waals surface area contributed by atoms with Gasteiger partial charge in [-0.3, -0.25) is 9.48 Å². The molecular weight excluding hydrogens is 271 g/mol. The number of hydrogen-bond acceptors (Lipinski definition) is 3. The second-order valence-electron chi connectivity index (χ2n) is 4.70. The minimum Gasteiger partial charge on any atom is -0.508 e. The Hall–Kier alpha value is -2.69. The SMILES string of the molecule is CCn1nc2ccc(F)cc2c1C(=O)c1ccc(O)cc1. The minimum absolute atomic E-state index is 0.0893. The quantitative estimate of drug-likeness (QED) is 0.752. The fraction of sp³-hybridized carbons (Fsp3) is 0.125. The van der Waals surface area contributed by atoms with Gasteiger partial charge in [0.1, 0.15) is 17.3 Å². The van der Waals surface area contributed by atoms with Crippen molar-refractivity contribution in [1.29, 1.82) is 0 Å². The highest BCUT2D eigenvalue weighted by atomic mass is 19.1. The highest BCUT2D eigenvalue weighted by Crippen LogP contribution is 2.23. The Kier molecular flexibility index (Phi) is 3.17. The summed E-state index contributed by atoms with van der Waals surface area (Å²) < 4.78 is 15.0. The molecule has 106 valence electrons. The fourth-order valence-corrected chi connectivity index (χ4v) is 2.32. The number of aromatic hydroxyl groups is 1. The van der Waals surface area contributed by atoms with Crippen LogP contribution < -0.4 is 0 Å². The maximum absolute atomic E-state index is 13.5. The number of rotatable bonds is 3. The van der Waals surface area contributed by atoms with Crippen LogP contribution in [0.25, 0.3) is 10.9 Å². The Bertz CT molecular complexity index is 822. The van der Waals surface area contributed by atoms with Crippen molar-refractivity contribution in [3.8, 4) is 5.75 Å². The maximum atomic E-state index is 13.5. The molecule has 0 amide bonds. The number of nitrogens with zero attached hydrogens (tertiary/aromatic N) is 2. The van der Waals surface area contributed by atoms with Crippen molar-refractivity contribution >= 4 is 16.7 Å². The lowest BCUT2D eigenvalue weighted by molar-refractivity contribution is 0.103. The molecule has 0 bridgehead atoms. The van der Waals surface area contributed by atoms with Gasteiger partial charge in [0.25, 0.3) is 0 Å². The predicted molar refractivity (Wildman–Crippen MR) is 76.9 cm³/mol. The number of ketones is 1. The van der Waals surface area contributed by atoms with Gasteiger partial charge in [-0.05, 0) is 49.4 Å². The van der Waals surface area contributed by atoms with Crippen molar-refractivity contribution in [2.75, 3.05) is 0 Å². The Labute approximate surface area is 120 Å². The van der Waals surface area contributed by atoms with Gasteiger partial charge in [-0.15, -0.1) is 0 Å². The van der Waals surface area contributed by atoms with Gasteiger partial charge in [0.15, 0.2) is 0 Å². The van der Waals surface area contributed by atoms with Gasteiger partial charge in [-0.1, -0.05) is 0 Å². The van der Waals surface area contributed by atoms with Crippen LogP contribution in [-0.2, 0) is 6.54 Å². The second-order valence-corrected chi connectivity index (χ2v) is 4.70. The van der Waals surface area contributed by atoms with Crippen LogP contribution in [0.2, 0.25) is 0 Å². The topological polar surface area (TPSA) is 55.1 Å². The molecule has 0 atom stereocenters. The van der Waals surface area contributed by atoms with Crippen molar-refractivity contribution < 1.29 is 14.3 Å². The first kappa shape index (κ1) is 13.3. The van der Waals surface area contributed by atoms with E-state index in [4.69, 9.17) is 0 Å². The number of phenolic OH excluding ortho intramolecular Hbond substituents is 1. The Morgan fingerprint density at radius 3 is 2.62 bits per heavy atom. The number of halogens is 1. The van der Waals surface area contributed by atoms with Crippen molar-refractivity contribution in [1.82, 2.24) is 9.78 Å². The zero-order valence-electron chi connectivity index (χ0n) is 11.4. The molecule has 4 nitrogen and oxygen atoms in total. The Morgan fingerprint density at radius 2 is 1.95 bits per heavy atom. The zero-order chi connectivity index (χ0) is 15.0. The van der Waals surface area contributed by atoms with E-state index >= 15 is 0 Å². The van der Waals surface area contributed by atoms with Gasteiger partial charge in [-0.2, -0.15) is 5.10 Å². The van der Waals surface area contributed by atoms with Gasteiger partial charge in [-0.25, -0.2) is 4.39 Å². The van der Waals surface area contributed by atoms with Crippen LogP contribution in [0, 0.1) is 5.82 Å². The molecule has 0 aliphatic rings. The normalized spacial score (nSPS) is 11.0. The molecule has 0 saturated heterocycles. The summed E-state index contributed by atoms with van der Waals surface area (Å²) in [5.41, 5.74) is 1.37. The summed E-state index contributed by atoms with van der Waals surface area (Å²) in [5.74, 6) is -0.561. The summed E-state index contributed by atoms with van der Waals surface area (Å²) in [6.45, 7) is 2.38. The van der Waals surface area contributed by atoms with E-state index in [1.807, 2.05) is 6.92 Å². The number of fused-ring (bicyclic) bond motifs is 1. The summed E-state index contributed by atoms with van der Waals surface area (Å²) in [6, 6.07) is 10.2. The van der Waals surface area contributed by atoms with Crippen LogP contribution in [-0.4, -0.2) is 20.7 Å². The minimum atomic E-state index is -0.405. The molecule has 0 radical (unpaired) electrons.